The Hall–Kier alpha value is -2.24. The first-order chi connectivity index (χ1) is 8.66. The van der Waals surface area contributed by atoms with Crippen molar-refractivity contribution in [2.24, 2.45) is 5.73 Å². The van der Waals surface area contributed by atoms with Crippen LogP contribution in [-0.2, 0) is 16.0 Å². The molecule has 6 nitrogen and oxygen atoms in total. The molecule has 0 saturated heterocycles. The van der Waals surface area contributed by atoms with Crippen molar-refractivity contribution < 1.29 is 14.3 Å². The van der Waals surface area contributed by atoms with Crippen LogP contribution >= 0.6 is 0 Å². The summed E-state index contributed by atoms with van der Waals surface area (Å²) in [5.41, 5.74) is 6.93. The second kappa shape index (κ2) is 5.39. The van der Waals surface area contributed by atoms with Crippen LogP contribution in [-0.4, -0.2) is 31.2 Å². The minimum Gasteiger partial charge on any atom is -0.448 e. The van der Waals surface area contributed by atoms with Gasteiger partial charge in [-0.15, -0.1) is 0 Å². The number of hydrogen-bond donors (Lipinski definition) is 3. The number of ether oxygens (including phenoxy) is 1. The van der Waals surface area contributed by atoms with E-state index in [2.05, 4.69) is 15.4 Å². The summed E-state index contributed by atoms with van der Waals surface area (Å²) in [6, 6.07) is 7.54. The number of para-hydroxylation sites is 1. The van der Waals surface area contributed by atoms with E-state index in [1.54, 1.807) is 0 Å². The molecule has 0 radical (unpaired) electrons. The Kier molecular flexibility index (Phi) is 3.66. The second-order valence-electron chi connectivity index (χ2n) is 4.02. The molecule has 0 fully saturated rings. The zero-order valence-corrected chi connectivity index (χ0v) is 9.81. The van der Waals surface area contributed by atoms with Crippen molar-refractivity contribution in [2.75, 3.05) is 18.5 Å². The van der Waals surface area contributed by atoms with Gasteiger partial charge in [0.1, 0.15) is 12.6 Å². The maximum absolute atomic E-state index is 11.8. The fraction of sp³-hybridized carbons (Fsp3) is 0.333. The molecule has 1 heterocycles. The van der Waals surface area contributed by atoms with E-state index < -0.39 is 6.09 Å². The Morgan fingerprint density at radius 3 is 2.94 bits per heavy atom. The SMILES string of the molecule is NC(=O)OCCNC(=O)[C@@H]1Cc2ccccc2N1. The van der Waals surface area contributed by atoms with Gasteiger partial charge in [0, 0.05) is 12.1 Å². The molecule has 4 N–H and O–H groups in total. The van der Waals surface area contributed by atoms with Gasteiger partial charge >= 0.3 is 6.09 Å². The number of carbonyl (C=O) groups is 2. The van der Waals surface area contributed by atoms with E-state index in [1.165, 1.54) is 0 Å². The monoisotopic (exact) mass is 249 g/mol. The van der Waals surface area contributed by atoms with E-state index in [1.807, 2.05) is 24.3 Å². The van der Waals surface area contributed by atoms with Crippen LogP contribution in [0.5, 0.6) is 0 Å². The van der Waals surface area contributed by atoms with Gasteiger partial charge in [-0.1, -0.05) is 18.2 Å². The minimum absolute atomic E-state index is 0.0841. The van der Waals surface area contributed by atoms with Crippen molar-refractivity contribution in [1.82, 2.24) is 5.32 Å². The lowest BCUT2D eigenvalue weighted by Gasteiger charge is -2.11. The van der Waals surface area contributed by atoms with Crippen LogP contribution in [0, 0.1) is 0 Å². The third-order valence-corrected chi connectivity index (χ3v) is 2.73. The fourth-order valence-electron chi connectivity index (χ4n) is 1.91. The van der Waals surface area contributed by atoms with Crippen LogP contribution in [0.3, 0.4) is 0 Å². The number of nitrogens with two attached hydrogens (primary N) is 1. The third kappa shape index (κ3) is 2.91. The first kappa shape index (κ1) is 12.2. The standard InChI is InChI=1S/C12H15N3O3/c13-12(17)18-6-5-14-11(16)10-7-8-3-1-2-4-9(8)15-10/h1-4,10,15H,5-7H2,(H2,13,17)(H,14,16)/t10-/m0/s1. The Morgan fingerprint density at radius 2 is 2.22 bits per heavy atom. The molecule has 0 aromatic heterocycles. The number of fused-ring (bicyclic) bond motifs is 1. The zero-order chi connectivity index (χ0) is 13.0. The first-order valence-electron chi connectivity index (χ1n) is 5.71. The normalized spacial score (nSPS) is 16.6. The number of amides is 2. The highest BCUT2D eigenvalue weighted by molar-refractivity contribution is 5.87. The molecule has 0 spiro atoms. The number of nitrogens with one attached hydrogen (secondary N) is 2. The Bertz CT molecular complexity index is 437. The predicted molar refractivity (Wildman–Crippen MR) is 66.1 cm³/mol. The van der Waals surface area contributed by atoms with Crippen molar-refractivity contribution in [3.63, 3.8) is 0 Å². The van der Waals surface area contributed by atoms with E-state index >= 15 is 0 Å². The molecule has 6 heteroatoms. The van der Waals surface area contributed by atoms with Crippen molar-refractivity contribution in [1.29, 1.82) is 0 Å². The molecular weight excluding hydrogens is 234 g/mol. The molecule has 0 aliphatic carbocycles. The lowest BCUT2D eigenvalue weighted by Crippen LogP contribution is -2.40. The van der Waals surface area contributed by atoms with Gasteiger partial charge in [0.25, 0.3) is 0 Å². The highest BCUT2D eigenvalue weighted by Crippen LogP contribution is 2.24. The number of benzene rings is 1. The number of anilines is 1. The first-order valence-corrected chi connectivity index (χ1v) is 5.71. The summed E-state index contributed by atoms with van der Waals surface area (Å²) in [5, 5.41) is 5.82. The average Bonchev–Trinajstić information content (AvgIpc) is 2.78. The molecule has 1 aromatic carbocycles. The third-order valence-electron chi connectivity index (χ3n) is 2.73. The molecule has 96 valence electrons. The molecule has 1 aromatic rings. The van der Waals surface area contributed by atoms with Crippen LogP contribution in [0.1, 0.15) is 5.56 Å². The number of hydrogen-bond acceptors (Lipinski definition) is 4. The van der Waals surface area contributed by atoms with E-state index in [4.69, 9.17) is 5.73 Å². The highest BCUT2D eigenvalue weighted by atomic mass is 16.5. The number of primary amides is 1. The fourth-order valence-corrected chi connectivity index (χ4v) is 1.91. The van der Waals surface area contributed by atoms with E-state index in [0.29, 0.717) is 6.42 Å². The van der Waals surface area contributed by atoms with Gasteiger partial charge in [-0.05, 0) is 11.6 Å². The van der Waals surface area contributed by atoms with Crippen LogP contribution in [0.15, 0.2) is 24.3 Å². The van der Waals surface area contributed by atoms with Crippen LogP contribution in [0.2, 0.25) is 0 Å². The second-order valence-corrected chi connectivity index (χ2v) is 4.02. The Morgan fingerprint density at radius 1 is 1.44 bits per heavy atom. The quantitative estimate of drug-likeness (QED) is 0.666. The Labute approximate surface area is 104 Å². The summed E-state index contributed by atoms with van der Waals surface area (Å²) >= 11 is 0. The smallest absolute Gasteiger partial charge is 0.404 e. The molecule has 0 unspecified atom stereocenters. The summed E-state index contributed by atoms with van der Waals surface area (Å²) in [5.74, 6) is -0.112. The van der Waals surface area contributed by atoms with Gasteiger partial charge in [-0.25, -0.2) is 4.79 Å². The van der Waals surface area contributed by atoms with Crippen molar-refractivity contribution in [2.45, 2.75) is 12.5 Å². The van der Waals surface area contributed by atoms with Crippen molar-refractivity contribution >= 4 is 17.7 Å². The average molecular weight is 249 g/mol. The summed E-state index contributed by atoms with van der Waals surface area (Å²) in [4.78, 5) is 22.1. The van der Waals surface area contributed by atoms with E-state index in [-0.39, 0.29) is 25.1 Å². The van der Waals surface area contributed by atoms with E-state index in [9.17, 15) is 9.59 Å². The molecule has 0 bridgehead atoms. The summed E-state index contributed by atoms with van der Waals surface area (Å²) in [6.07, 6.45) is -0.172. The molecule has 18 heavy (non-hydrogen) atoms. The summed E-state index contributed by atoms with van der Waals surface area (Å²) in [6.45, 7) is 0.344. The summed E-state index contributed by atoms with van der Waals surface area (Å²) < 4.78 is 4.52. The lowest BCUT2D eigenvalue weighted by atomic mass is 10.1. The van der Waals surface area contributed by atoms with Gasteiger partial charge in [0.05, 0.1) is 6.54 Å². The Balaban J connectivity index is 1.77. The molecular formula is C12H15N3O3. The molecule has 2 rings (SSSR count). The zero-order valence-electron chi connectivity index (χ0n) is 9.81. The van der Waals surface area contributed by atoms with E-state index in [0.717, 1.165) is 11.3 Å². The van der Waals surface area contributed by atoms with Crippen LogP contribution in [0.4, 0.5) is 10.5 Å². The van der Waals surface area contributed by atoms with Gasteiger partial charge < -0.3 is 21.1 Å². The largest absolute Gasteiger partial charge is 0.448 e. The topological polar surface area (TPSA) is 93.5 Å². The van der Waals surface area contributed by atoms with Crippen molar-refractivity contribution in [3.8, 4) is 0 Å². The lowest BCUT2D eigenvalue weighted by molar-refractivity contribution is -0.121. The highest BCUT2D eigenvalue weighted by Gasteiger charge is 2.25. The number of rotatable bonds is 4. The van der Waals surface area contributed by atoms with Gasteiger partial charge in [0.2, 0.25) is 5.91 Å². The van der Waals surface area contributed by atoms with Crippen molar-refractivity contribution in [3.05, 3.63) is 29.8 Å². The van der Waals surface area contributed by atoms with Crippen LogP contribution in [0.25, 0.3) is 0 Å². The van der Waals surface area contributed by atoms with Gasteiger partial charge in [-0.3, -0.25) is 4.79 Å². The molecule has 1 aliphatic heterocycles. The molecule has 1 aliphatic rings. The summed E-state index contributed by atoms with van der Waals surface area (Å²) in [7, 11) is 0. The number of carbonyl (C=O) groups excluding carboxylic acids is 2. The molecule has 2 amide bonds. The maximum atomic E-state index is 11.8. The maximum Gasteiger partial charge on any atom is 0.404 e. The molecule has 1 atom stereocenters. The minimum atomic E-state index is -0.837. The van der Waals surface area contributed by atoms with Crippen LogP contribution < -0.4 is 16.4 Å². The van der Waals surface area contributed by atoms with Gasteiger partial charge in [-0.2, -0.15) is 0 Å². The van der Waals surface area contributed by atoms with Gasteiger partial charge in [0.15, 0.2) is 0 Å². The molecule has 0 saturated carbocycles. The predicted octanol–water partition coefficient (Wildman–Crippen LogP) is 0.235.